The molecule has 2 bridgehead atoms. The minimum Gasteiger partial charge on any atom is -0.454 e. The molecule has 1 N–H and O–H groups in total. The molecule has 3 amide bonds. The minimum atomic E-state index is -1.13. The van der Waals surface area contributed by atoms with Gasteiger partial charge >= 0.3 is 5.97 Å². The van der Waals surface area contributed by atoms with Crippen molar-refractivity contribution in [3.63, 3.8) is 0 Å². The molecular weight excluding hydrogens is 480 g/mol. The van der Waals surface area contributed by atoms with Crippen LogP contribution in [0.3, 0.4) is 0 Å². The highest BCUT2D eigenvalue weighted by atomic mass is 16.5. The second-order valence-electron chi connectivity index (χ2n) is 10.3. The van der Waals surface area contributed by atoms with E-state index >= 15 is 0 Å². The predicted octanol–water partition coefficient (Wildman–Crippen LogP) is 3.69. The van der Waals surface area contributed by atoms with Crippen molar-refractivity contribution in [2.24, 2.45) is 11.8 Å². The van der Waals surface area contributed by atoms with E-state index in [9.17, 15) is 19.2 Å². The van der Waals surface area contributed by atoms with Gasteiger partial charge in [0.05, 0.1) is 17.9 Å². The van der Waals surface area contributed by atoms with Crippen molar-refractivity contribution in [3.8, 4) is 0 Å². The normalized spacial score (nSPS) is 24.2. The lowest BCUT2D eigenvalue weighted by atomic mass is 9.55. The molecule has 3 aromatic carbocycles. The van der Waals surface area contributed by atoms with Crippen LogP contribution < -0.4 is 5.32 Å². The molecule has 3 aromatic rings. The number of nitrogens with one attached hydrogen (secondary N) is 1. The third-order valence-electron chi connectivity index (χ3n) is 8.23. The molecule has 7 heteroatoms. The van der Waals surface area contributed by atoms with Crippen molar-refractivity contribution in [2.75, 3.05) is 6.61 Å². The van der Waals surface area contributed by atoms with Crippen LogP contribution in [0, 0.1) is 11.8 Å². The van der Waals surface area contributed by atoms with Crippen molar-refractivity contribution in [1.29, 1.82) is 0 Å². The number of rotatable bonds is 6. The van der Waals surface area contributed by atoms with Gasteiger partial charge in [0.15, 0.2) is 6.61 Å². The van der Waals surface area contributed by atoms with Gasteiger partial charge < -0.3 is 10.1 Å². The van der Waals surface area contributed by atoms with Crippen molar-refractivity contribution >= 4 is 23.7 Å². The van der Waals surface area contributed by atoms with Gasteiger partial charge in [-0.05, 0) is 41.7 Å². The van der Waals surface area contributed by atoms with Crippen molar-refractivity contribution < 1.29 is 23.9 Å². The first-order valence-electron chi connectivity index (χ1n) is 12.9. The van der Waals surface area contributed by atoms with Crippen LogP contribution in [0.15, 0.2) is 78.9 Å². The second kappa shape index (κ2) is 9.24. The molecule has 0 unspecified atom stereocenters. The summed E-state index contributed by atoms with van der Waals surface area (Å²) in [5.74, 6) is -3.57. The minimum absolute atomic E-state index is 0.243. The van der Waals surface area contributed by atoms with E-state index in [-0.39, 0.29) is 29.7 Å². The summed E-state index contributed by atoms with van der Waals surface area (Å²) in [5.41, 5.74) is 5.20. The Bertz CT molecular complexity index is 1340. The summed E-state index contributed by atoms with van der Waals surface area (Å²) < 4.78 is 5.26. The van der Waals surface area contributed by atoms with Crippen LogP contribution in [0.25, 0.3) is 0 Å². The predicted molar refractivity (Wildman–Crippen MR) is 139 cm³/mol. The molecule has 1 aliphatic heterocycles. The summed E-state index contributed by atoms with van der Waals surface area (Å²) in [4.78, 5) is 54.0. The highest BCUT2D eigenvalue weighted by Gasteiger charge is 2.62. The van der Waals surface area contributed by atoms with Crippen LogP contribution in [-0.4, -0.2) is 41.2 Å². The highest BCUT2D eigenvalue weighted by molar-refractivity contribution is 6.10. The third kappa shape index (κ3) is 3.64. The van der Waals surface area contributed by atoms with E-state index in [0.717, 1.165) is 32.7 Å². The van der Waals surface area contributed by atoms with E-state index in [1.807, 2.05) is 85.8 Å². The molecule has 4 aliphatic rings. The SMILES string of the molecule is C[C@H](NC(=O)COC(=O)[C@H](C)N1C(=O)[C@H]2C3c4ccccc4C(c4ccccc43)[C@@H]2C1=O)c1ccccc1. The van der Waals surface area contributed by atoms with Crippen LogP contribution in [0.5, 0.6) is 0 Å². The molecule has 4 atom stereocenters. The number of carbonyl (C=O) groups is 4. The maximum Gasteiger partial charge on any atom is 0.329 e. The third-order valence-corrected chi connectivity index (χ3v) is 8.23. The van der Waals surface area contributed by atoms with Crippen LogP contribution in [0.1, 0.15) is 59.5 Å². The lowest BCUT2D eigenvalue weighted by molar-refractivity contribution is -0.159. The molecule has 1 fully saturated rings. The number of carbonyl (C=O) groups excluding carboxylic acids is 4. The lowest BCUT2D eigenvalue weighted by Crippen LogP contribution is -2.45. The Morgan fingerprint density at radius 1 is 0.763 bits per heavy atom. The monoisotopic (exact) mass is 508 g/mol. The van der Waals surface area contributed by atoms with E-state index in [2.05, 4.69) is 5.32 Å². The van der Waals surface area contributed by atoms with Crippen molar-refractivity contribution in [1.82, 2.24) is 10.2 Å². The topological polar surface area (TPSA) is 92.8 Å². The maximum absolute atomic E-state index is 13.8. The fraction of sp³-hybridized carbons (Fsp3) is 0.290. The van der Waals surface area contributed by atoms with Gasteiger partial charge in [0.2, 0.25) is 11.8 Å². The van der Waals surface area contributed by atoms with Gasteiger partial charge in [-0.15, -0.1) is 0 Å². The first-order chi connectivity index (χ1) is 18.4. The number of esters is 1. The van der Waals surface area contributed by atoms with Gasteiger partial charge in [-0.25, -0.2) is 4.79 Å². The average Bonchev–Trinajstić information content (AvgIpc) is 3.21. The van der Waals surface area contributed by atoms with E-state index in [0.29, 0.717) is 0 Å². The number of hydrogen-bond donors (Lipinski definition) is 1. The molecule has 192 valence electrons. The first kappa shape index (κ1) is 24.1. The summed E-state index contributed by atoms with van der Waals surface area (Å²) in [5, 5.41) is 2.79. The fourth-order valence-corrected chi connectivity index (χ4v) is 6.55. The molecule has 7 rings (SSSR count). The second-order valence-corrected chi connectivity index (χ2v) is 10.3. The quantitative estimate of drug-likeness (QED) is 0.405. The largest absolute Gasteiger partial charge is 0.454 e. The van der Waals surface area contributed by atoms with E-state index in [4.69, 9.17) is 4.74 Å². The Morgan fingerprint density at radius 3 is 1.68 bits per heavy atom. The summed E-state index contributed by atoms with van der Waals surface area (Å²) >= 11 is 0. The van der Waals surface area contributed by atoms with Gasteiger partial charge in [0.25, 0.3) is 5.91 Å². The summed E-state index contributed by atoms with van der Waals surface area (Å²) in [7, 11) is 0. The standard InChI is InChI=1S/C31H28N2O5/c1-17(19-10-4-3-5-11-19)32-24(34)16-38-31(37)18(2)33-29(35)27-25-20-12-6-7-13-21(20)26(28(27)30(33)36)23-15-9-8-14-22(23)25/h3-15,17-18,25-28H,16H2,1-2H3,(H,32,34)/t17-,18-,25?,26?,27-,28-/m0/s1. The molecule has 3 aliphatic carbocycles. The van der Waals surface area contributed by atoms with Crippen molar-refractivity contribution in [2.45, 2.75) is 37.8 Å². The number of likely N-dealkylation sites (tertiary alicyclic amines) is 1. The highest BCUT2D eigenvalue weighted by Crippen LogP contribution is 2.61. The van der Waals surface area contributed by atoms with Crippen LogP contribution in [0.4, 0.5) is 0 Å². The Labute approximate surface area is 220 Å². The molecule has 1 heterocycles. The van der Waals surface area contributed by atoms with E-state index in [1.54, 1.807) is 0 Å². The number of ether oxygens (including phenoxy) is 1. The van der Waals surface area contributed by atoms with Crippen LogP contribution in [0.2, 0.25) is 0 Å². The molecule has 0 aromatic heterocycles. The summed E-state index contributed by atoms with van der Waals surface area (Å²) in [6.07, 6.45) is 0. The van der Waals surface area contributed by atoms with Gasteiger partial charge in [-0.1, -0.05) is 78.9 Å². The van der Waals surface area contributed by atoms with Gasteiger partial charge in [-0.3, -0.25) is 19.3 Å². The van der Waals surface area contributed by atoms with Crippen molar-refractivity contribution in [3.05, 3.63) is 107 Å². The zero-order valence-electron chi connectivity index (χ0n) is 21.2. The van der Waals surface area contributed by atoms with Crippen LogP contribution in [-0.2, 0) is 23.9 Å². The smallest absolute Gasteiger partial charge is 0.329 e. The number of imide groups is 1. The van der Waals surface area contributed by atoms with E-state index < -0.39 is 36.4 Å². The molecule has 38 heavy (non-hydrogen) atoms. The van der Waals surface area contributed by atoms with Gasteiger partial charge in [-0.2, -0.15) is 0 Å². The molecule has 7 nitrogen and oxygen atoms in total. The Kier molecular flexibility index (Phi) is 5.86. The zero-order valence-corrected chi connectivity index (χ0v) is 21.2. The molecule has 0 saturated carbocycles. The molecule has 1 saturated heterocycles. The molecule has 0 radical (unpaired) electrons. The average molecular weight is 509 g/mol. The number of nitrogens with zero attached hydrogens (tertiary/aromatic N) is 1. The number of hydrogen-bond acceptors (Lipinski definition) is 5. The Morgan fingerprint density at radius 2 is 1.21 bits per heavy atom. The Balaban J connectivity index is 1.19. The van der Waals surface area contributed by atoms with Gasteiger partial charge in [0, 0.05) is 11.8 Å². The van der Waals surface area contributed by atoms with E-state index in [1.165, 1.54) is 6.92 Å². The fourth-order valence-electron chi connectivity index (χ4n) is 6.55. The van der Waals surface area contributed by atoms with Gasteiger partial charge in [0.1, 0.15) is 6.04 Å². The van der Waals surface area contributed by atoms with Crippen LogP contribution >= 0.6 is 0 Å². The number of benzene rings is 3. The number of amides is 3. The maximum atomic E-state index is 13.8. The zero-order chi connectivity index (χ0) is 26.6. The lowest BCUT2D eigenvalue weighted by Gasteiger charge is -2.45. The summed E-state index contributed by atoms with van der Waals surface area (Å²) in [6.45, 7) is 2.83. The molecular formula is C31H28N2O5. The Hall–Kier alpha value is -4.26. The molecule has 0 spiro atoms. The first-order valence-corrected chi connectivity index (χ1v) is 12.9. The summed E-state index contributed by atoms with van der Waals surface area (Å²) in [6, 6.07) is 24.0.